The van der Waals surface area contributed by atoms with Gasteiger partial charge in [0.2, 0.25) is 0 Å². The van der Waals surface area contributed by atoms with Gasteiger partial charge in [-0.15, -0.1) is 0 Å². The number of nitrogens with zero attached hydrogens (tertiary/aromatic N) is 5. The first-order valence-electron chi connectivity index (χ1n) is 12.9. The van der Waals surface area contributed by atoms with Crippen molar-refractivity contribution in [1.82, 2.24) is 25.1 Å². The number of aromatic amines is 1. The molecule has 0 unspecified atom stereocenters. The van der Waals surface area contributed by atoms with Crippen LogP contribution >= 0.6 is 23.2 Å². The Morgan fingerprint density at radius 2 is 1.95 bits per heavy atom. The molecular weight excluding hydrogens is 542 g/mol. The minimum atomic E-state index is -0.415. The van der Waals surface area contributed by atoms with E-state index in [4.69, 9.17) is 32.7 Å². The van der Waals surface area contributed by atoms with Crippen molar-refractivity contribution in [2.45, 2.75) is 38.5 Å². The van der Waals surface area contributed by atoms with Gasteiger partial charge in [0.1, 0.15) is 17.5 Å². The van der Waals surface area contributed by atoms with Crippen LogP contribution in [0, 0.1) is 5.82 Å². The van der Waals surface area contributed by atoms with E-state index < -0.39 is 6.10 Å². The average Bonchev–Trinajstić information content (AvgIpc) is 3.30. The van der Waals surface area contributed by atoms with Crippen LogP contribution in [-0.4, -0.2) is 69.5 Å². The van der Waals surface area contributed by atoms with Crippen molar-refractivity contribution in [3.8, 4) is 17.0 Å². The summed E-state index contributed by atoms with van der Waals surface area (Å²) in [5, 5.41) is 9.12. The third-order valence-electron chi connectivity index (χ3n) is 7.61. The van der Waals surface area contributed by atoms with Crippen LogP contribution in [0.3, 0.4) is 0 Å². The molecule has 3 aromatic heterocycles. The van der Waals surface area contributed by atoms with E-state index in [9.17, 15) is 0 Å². The number of halogens is 3. The number of nitrogens with one attached hydrogen (secondary N) is 1. The number of anilines is 1. The van der Waals surface area contributed by atoms with Gasteiger partial charge < -0.3 is 14.4 Å². The molecule has 204 valence electrons. The second-order valence-electron chi connectivity index (χ2n) is 10.6. The van der Waals surface area contributed by atoms with Gasteiger partial charge in [0.25, 0.3) is 0 Å². The van der Waals surface area contributed by atoms with Crippen molar-refractivity contribution >= 4 is 39.9 Å². The summed E-state index contributed by atoms with van der Waals surface area (Å²) in [6, 6.07) is 7.07. The van der Waals surface area contributed by atoms with Crippen LogP contribution in [-0.2, 0) is 4.74 Å². The summed E-state index contributed by atoms with van der Waals surface area (Å²) >= 11 is 12.6. The van der Waals surface area contributed by atoms with Crippen LogP contribution in [0.15, 0.2) is 42.9 Å². The Kier molecular flexibility index (Phi) is 6.87. The topological polar surface area (TPSA) is 79.4 Å². The summed E-state index contributed by atoms with van der Waals surface area (Å²) in [7, 11) is 0. The molecule has 6 rings (SSSR count). The van der Waals surface area contributed by atoms with Gasteiger partial charge in [-0.05, 0) is 45.0 Å². The minimum Gasteiger partial charge on any atom is -0.486 e. The van der Waals surface area contributed by atoms with Gasteiger partial charge in [-0.2, -0.15) is 5.10 Å². The number of fused-ring (bicyclic) bond motifs is 1. The average molecular weight is 571 g/mol. The third-order valence-corrected chi connectivity index (χ3v) is 8.21. The van der Waals surface area contributed by atoms with Crippen LogP contribution < -0.4 is 9.64 Å². The number of pyridine rings is 2. The number of H-pyrrole nitrogens is 1. The molecule has 0 spiro atoms. The van der Waals surface area contributed by atoms with Gasteiger partial charge in [-0.25, -0.2) is 9.37 Å². The molecule has 2 saturated heterocycles. The molecule has 4 aromatic rings. The Hall–Kier alpha value is -2.98. The van der Waals surface area contributed by atoms with Crippen LogP contribution in [0.4, 0.5) is 10.2 Å². The van der Waals surface area contributed by atoms with E-state index in [1.54, 1.807) is 6.20 Å². The fourth-order valence-electron chi connectivity index (χ4n) is 5.59. The lowest BCUT2D eigenvalue weighted by molar-refractivity contribution is -0.0656. The van der Waals surface area contributed by atoms with Gasteiger partial charge in [-0.3, -0.25) is 15.0 Å². The molecule has 0 saturated carbocycles. The van der Waals surface area contributed by atoms with Gasteiger partial charge in [0.05, 0.1) is 33.8 Å². The van der Waals surface area contributed by atoms with E-state index in [2.05, 4.69) is 38.9 Å². The van der Waals surface area contributed by atoms with Gasteiger partial charge in [0.15, 0.2) is 11.6 Å². The zero-order valence-electron chi connectivity index (χ0n) is 21.9. The Balaban J connectivity index is 1.21. The molecule has 0 amide bonds. The Morgan fingerprint density at radius 1 is 1.18 bits per heavy atom. The summed E-state index contributed by atoms with van der Waals surface area (Å²) in [5.74, 6) is 0.592. The number of hydrogen-bond donors (Lipinski definition) is 1. The van der Waals surface area contributed by atoms with Crippen LogP contribution in [0.1, 0.15) is 32.4 Å². The van der Waals surface area contributed by atoms with Crippen LogP contribution in [0.2, 0.25) is 10.0 Å². The largest absolute Gasteiger partial charge is 0.486 e. The van der Waals surface area contributed by atoms with Crippen molar-refractivity contribution in [2.24, 2.45) is 0 Å². The smallest absolute Gasteiger partial charge is 0.166 e. The second kappa shape index (κ2) is 10.2. The Bertz CT molecular complexity index is 1510. The highest BCUT2D eigenvalue weighted by atomic mass is 35.5. The monoisotopic (exact) mass is 570 g/mol. The van der Waals surface area contributed by atoms with E-state index in [0.29, 0.717) is 38.4 Å². The highest BCUT2D eigenvalue weighted by molar-refractivity contribution is 6.35. The first-order chi connectivity index (χ1) is 18.7. The maximum atomic E-state index is 15.4. The summed E-state index contributed by atoms with van der Waals surface area (Å²) in [6.45, 7) is 10.1. The molecule has 0 aliphatic carbocycles. The summed E-state index contributed by atoms with van der Waals surface area (Å²) in [4.78, 5) is 12.9. The van der Waals surface area contributed by atoms with Crippen molar-refractivity contribution < 1.29 is 13.9 Å². The van der Waals surface area contributed by atoms with Crippen LogP contribution in [0.25, 0.3) is 22.2 Å². The molecule has 1 N–H and O–H groups in total. The molecular formula is C28H29Cl2FN6O2. The van der Waals surface area contributed by atoms with E-state index in [1.165, 1.54) is 18.5 Å². The highest BCUT2D eigenvalue weighted by Crippen LogP contribution is 2.37. The number of rotatable bonds is 6. The zero-order chi connectivity index (χ0) is 27.3. The number of benzene rings is 1. The van der Waals surface area contributed by atoms with Crippen LogP contribution in [0.5, 0.6) is 5.75 Å². The molecule has 2 aliphatic heterocycles. The predicted molar refractivity (Wildman–Crippen MR) is 150 cm³/mol. The molecule has 2 aliphatic rings. The van der Waals surface area contributed by atoms with E-state index in [0.717, 1.165) is 43.7 Å². The van der Waals surface area contributed by atoms with Crippen molar-refractivity contribution in [3.63, 3.8) is 0 Å². The maximum Gasteiger partial charge on any atom is 0.166 e. The maximum absolute atomic E-state index is 15.4. The normalized spacial score (nSPS) is 20.2. The molecule has 2 atom stereocenters. The minimum absolute atomic E-state index is 0.0124. The van der Waals surface area contributed by atoms with Crippen molar-refractivity contribution in [2.75, 3.05) is 37.7 Å². The predicted octanol–water partition coefficient (Wildman–Crippen LogP) is 5.91. The first kappa shape index (κ1) is 26.3. The summed E-state index contributed by atoms with van der Waals surface area (Å²) < 4.78 is 27.2. The standard InChI is InChI=1S/C28H29Cl2FN6O2/c1-16-13-37(6-7-38-16)28(3)14-36(15-28)27-23(31)8-18(10-33-27)26-20-9-19(4-5-24(20)34-35-26)39-17(2)25-21(29)11-32-12-22(25)30/h4-5,8-12,16-17H,6-7,13-15H2,1-3H3,(H,34,35)/t16-,17-/m1/s1. The molecule has 5 heterocycles. The van der Waals surface area contributed by atoms with Gasteiger partial charge in [-0.1, -0.05) is 23.2 Å². The Labute approximate surface area is 236 Å². The number of hydrogen-bond acceptors (Lipinski definition) is 7. The van der Waals surface area contributed by atoms with Gasteiger partial charge in [0, 0.05) is 61.3 Å². The molecule has 8 nitrogen and oxygen atoms in total. The number of aromatic nitrogens is 4. The summed E-state index contributed by atoms with van der Waals surface area (Å²) in [5.41, 5.74) is 2.62. The molecule has 39 heavy (non-hydrogen) atoms. The lowest BCUT2D eigenvalue weighted by Crippen LogP contribution is -2.71. The van der Waals surface area contributed by atoms with E-state index >= 15 is 4.39 Å². The molecule has 1 aromatic carbocycles. The first-order valence-corrected chi connectivity index (χ1v) is 13.7. The van der Waals surface area contributed by atoms with Crippen molar-refractivity contribution in [1.29, 1.82) is 0 Å². The van der Waals surface area contributed by atoms with E-state index in [1.807, 2.05) is 30.0 Å². The zero-order valence-corrected chi connectivity index (χ0v) is 23.4. The fourth-order valence-corrected chi connectivity index (χ4v) is 6.26. The van der Waals surface area contributed by atoms with E-state index in [-0.39, 0.29) is 17.5 Å². The SMILES string of the molecule is C[C@@H]1CN(C2(C)CN(c3ncc(-c4n[nH]c5ccc(O[C@H](C)c6c(Cl)cncc6Cl)cc45)cc3F)C2)CCO1. The Morgan fingerprint density at radius 3 is 2.67 bits per heavy atom. The second-order valence-corrected chi connectivity index (χ2v) is 11.4. The molecule has 0 bridgehead atoms. The lowest BCUT2D eigenvalue weighted by atomic mass is 9.89. The number of ether oxygens (including phenoxy) is 2. The summed E-state index contributed by atoms with van der Waals surface area (Å²) in [6.07, 6.45) is 4.54. The lowest BCUT2D eigenvalue weighted by Gasteiger charge is -2.56. The molecule has 2 fully saturated rings. The molecule has 0 radical (unpaired) electrons. The molecule has 11 heteroatoms. The third kappa shape index (κ3) is 4.93. The van der Waals surface area contributed by atoms with Crippen molar-refractivity contribution in [3.05, 3.63) is 64.3 Å². The highest BCUT2D eigenvalue weighted by Gasteiger charge is 2.46. The quantitative estimate of drug-likeness (QED) is 0.309. The number of morpholine rings is 1. The fraction of sp³-hybridized carbons (Fsp3) is 0.393. The van der Waals surface area contributed by atoms with Gasteiger partial charge >= 0.3 is 0 Å².